The van der Waals surface area contributed by atoms with Crippen LogP contribution in [0.4, 0.5) is 0 Å². The number of nitrogens with one attached hydrogen (secondary N) is 1. The number of hydrogen-bond donors (Lipinski definition) is 1. The third-order valence-corrected chi connectivity index (χ3v) is 4.36. The van der Waals surface area contributed by atoms with Crippen molar-refractivity contribution in [3.05, 3.63) is 42.0 Å². The van der Waals surface area contributed by atoms with Gasteiger partial charge in [0.05, 0.1) is 6.04 Å². The largest absolute Gasteiger partial charge is 0.349 e. The molecule has 2 rings (SSSR count). The molecular formula is C16H21NOS. The van der Waals surface area contributed by atoms with Gasteiger partial charge in [0.15, 0.2) is 0 Å². The molecule has 0 fully saturated rings. The molecular weight excluding hydrogens is 254 g/mol. The Morgan fingerprint density at radius 2 is 2.05 bits per heavy atom. The summed E-state index contributed by atoms with van der Waals surface area (Å²) in [5.41, 5.74) is 1.16. The molecule has 0 saturated heterocycles. The number of benzene rings is 1. The molecule has 0 radical (unpaired) electrons. The summed E-state index contributed by atoms with van der Waals surface area (Å²) in [5.74, 6) is 0.337. The standard InChI is InChI=1S/C16H21NOS/c1-12(13-8-10-15(19-2)11-9-13)17-16(18)14-6-4-3-5-7-14/h3-4,8-12,14H,5-7H2,1-2H3,(H,17,18)/t12-,14-/m0/s1. The first kappa shape index (κ1) is 14.2. The van der Waals surface area contributed by atoms with Gasteiger partial charge < -0.3 is 5.32 Å². The van der Waals surface area contributed by atoms with Gasteiger partial charge in [-0.3, -0.25) is 4.79 Å². The van der Waals surface area contributed by atoms with Crippen molar-refractivity contribution < 1.29 is 4.79 Å². The minimum Gasteiger partial charge on any atom is -0.349 e. The smallest absolute Gasteiger partial charge is 0.223 e. The van der Waals surface area contributed by atoms with E-state index in [-0.39, 0.29) is 17.9 Å². The maximum absolute atomic E-state index is 12.2. The summed E-state index contributed by atoms with van der Waals surface area (Å²) < 4.78 is 0. The number of carbonyl (C=O) groups excluding carboxylic acids is 1. The van der Waals surface area contributed by atoms with Crippen LogP contribution in [0.25, 0.3) is 0 Å². The van der Waals surface area contributed by atoms with Crippen molar-refractivity contribution in [2.75, 3.05) is 6.26 Å². The number of thioether (sulfide) groups is 1. The first-order valence-electron chi connectivity index (χ1n) is 6.80. The van der Waals surface area contributed by atoms with Crippen LogP contribution in [0.1, 0.15) is 37.8 Å². The molecule has 1 N–H and O–H groups in total. The topological polar surface area (TPSA) is 29.1 Å². The minimum atomic E-state index is 0.0781. The number of allylic oxidation sites excluding steroid dienone is 2. The molecule has 3 heteroatoms. The molecule has 2 nitrogen and oxygen atoms in total. The third kappa shape index (κ3) is 3.87. The highest BCUT2D eigenvalue weighted by atomic mass is 32.2. The summed E-state index contributed by atoms with van der Waals surface area (Å²) in [6.07, 6.45) is 9.22. The van der Waals surface area contributed by atoms with E-state index in [1.807, 2.05) is 6.92 Å². The summed E-state index contributed by atoms with van der Waals surface area (Å²) in [5, 5.41) is 3.12. The molecule has 1 aromatic carbocycles. The number of rotatable bonds is 4. The summed E-state index contributed by atoms with van der Waals surface area (Å²) in [6.45, 7) is 2.05. The predicted octanol–water partition coefficient (Wildman–Crippen LogP) is 3.94. The normalized spacial score (nSPS) is 20.0. The van der Waals surface area contributed by atoms with Crippen LogP contribution in [0, 0.1) is 5.92 Å². The number of carbonyl (C=O) groups is 1. The van der Waals surface area contributed by atoms with Gasteiger partial charge in [0.2, 0.25) is 5.91 Å². The van der Waals surface area contributed by atoms with Crippen LogP contribution in [-0.4, -0.2) is 12.2 Å². The third-order valence-electron chi connectivity index (χ3n) is 3.61. The highest BCUT2D eigenvalue weighted by Gasteiger charge is 2.20. The minimum absolute atomic E-state index is 0.0781. The Morgan fingerprint density at radius 1 is 1.32 bits per heavy atom. The van der Waals surface area contributed by atoms with Crippen LogP contribution in [0.3, 0.4) is 0 Å². The van der Waals surface area contributed by atoms with Gasteiger partial charge in [-0.05, 0) is 50.1 Å². The van der Waals surface area contributed by atoms with Crippen molar-refractivity contribution in [3.63, 3.8) is 0 Å². The lowest BCUT2D eigenvalue weighted by molar-refractivity contribution is -0.125. The van der Waals surface area contributed by atoms with Crippen molar-refractivity contribution in [1.29, 1.82) is 0 Å². The summed E-state index contributed by atoms with van der Waals surface area (Å²) in [7, 11) is 0. The first-order chi connectivity index (χ1) is 9.20. The number of amides is 1. The zero-order chi connectivity index (χ0) is 13.7. The highest BCUT2D eigenvalue weighted by molar-refractivity contribution is 7.98. The van der Waals surface area contributed by atoms with Gasteiger partial charge in [0.25, 0.3) is 0 Å². The van der Waals surface area contributed by atoms with Crippen LogP contribution >= 0.6 is 11.8 Å². The lowest BCUT2D eigenvalue weighted by Crippen LogP contribution is -2.33. The molecule has 0 aromatic heterocycles. The van der Waals surface area contributed by atoms with Crippen LogP contribution in [-0.2, 0) is 4.79 Å². The molecule has 1 aromatic rings. The fraction of sp³-hybridized carbons (Fsp3) is 0.438. The van der Waals surface area contributed by atoms with E-state index in [0.717, 1.165) is 24.8 Å². The van der Waals surface area contributed by atoms with E-state index in [1.165, 1.54) is 4.90 Å². The maximum atomic E-state index is 12.2. The molecule has 0 spiro atoms. The van der Waals surface area contributed by atoms with Gasteiger partial charge in [-0.15, -0.1) is 11.8 Å². The SMILES string of the molecule is CSc1ccc([C@H](C)NC(=O)[C@H]2CC=CCC2)cc1. The zero-order valence-corrected chi connectivity index (χ0v) is 12.4. The Morgan fingerprint density at radius 3 is 2.63 bits per heavy atom. The monoisotopic (exact) mass is 275 g/mol. The predicted molar refractivity (Wildman–Crippen MR) is 81.3 cm³/mol. The van der Waals surface area contributed by atoms with Crippen molar-refractivity contribution >= 4 is 17.7 Å². The quantitative estimate of drug-likeness (QED) is 0.666. The van der Waals surface area contributed by atoms with Gasteiger partial charge in [-0.2, -0.15) is 0 Å². The Labute approximate surface area is 119 Å². The molecule has 0 aliphatic heterocycles. The maximum Gasteiger partial charge on any atom is 0.223 e. The Bertz CT molecular complexity index is 452. The summed E-state index contributed by atoms with van der Waals surface area (Å²) in [6, 6.07) is 8.47. The summed E-state index contributed by atoms with van der Waals surface area (Å²) >= 11 is 1.73. The molecule has 0 bridgehead atoms. The Balaban J connectivity index is 1.93. The van der Waals surface area contributed by atoms with E-state index in [1.54, 1.807) is 11.8 Å². The average molecular weight is 275 g/mol. The zero-order valence-electron chi connectivity index (χ0n) is 11.6. The molecule has 102 valence electrons. The first-order valence-corrected chi connectivity index (χ1v) is 8.02. The van der Waals surface area contributed by atoms with Crippen molar-refractivity contribution in [3.8, 4) is 0 Å². The molecule has 19 heavy (non-hydrogen) atoms. The van der Waals surface area contributed by atoms with Crippen molar-refractivity contribution in [2.24, 2.45) is 5.92 Å². The lowest BCUT2D eigenvalue weighted by Gasteiger charge is -2.21. The van der Waals surface area contributed by atoms with E-state index in [0.29, 0.717) is 0 Å². The lowest BCUT2D eigenvalue weighted by atomic mass is 9.93. The second-order valence-electron chi connectivity index (χ2n) is 4.98. The van der Waals surface area contributed by atoms with Crippen LogP contribution < -0.4 is 5.32 Å². The molecule has 1 aliphatic carbocycles. The van der Waals surface area contributed by atoms with Crippen LogP contribution in [0.15, 0.2) is 41.3 Å². The van der Waals surface area contributed by atoms with Gasteiger partial charge >= 0.3 is 0 Å². The Kier molecular flexibility index (Phi) is 5.08. The molecule has 2 atom stereocenters. The van der Waals surface area contributed by atoms with Gasteiger partial charge in [-0.25, -0.2) is 0 Å². The van der Waals surface area contributed by atoms with Crippen LogP contribution in [0.5, 0.6) is 0 Å². The van der Waals surface area contributed by atoms with Gasteiger partial charge in [0, 0.05) is 10.8 Å². The van der Waals surface area contributed by atoms with E-state index >= 15 is 0 Å². The molecule has 1 amide bonds. The van der Waals surface area contributed by atoms with Crippen molar-refractivity contribution in [1.82, 2.24) is 5.32 Å². The van der Waals surface area contributed by atoms with E-state index < -0.39 is 0 Å². The van der Waals surface area contributed by atoms with Crippen LogP contribution in [0.2, 0.25) is 0 Å². The fourth-order valence-corrected chi connectivity index (χ4v) is 2.75. The average Bonchev–Trinajstić information content (AvgIpc) is 2.48. The second-order valence-corrected chi connectivity index (χ2v) is 5.86. The highest BCUT2D eigenvalue weighted by Crippen LogP contribution is 2.22. The molecule has 0 unspecified atom stereocenters. The molecule has 0 saturated carbocycles. The molecule has 0 heterocycles. The van der Waals surface area contributed by atoms with E-state index in [2.05, 4.69) is 48.0 Å². The fourth-order valence-electron chi connectivity index (χ4n) is 2.34. The second kappa shape index (κ2) is 6.80. The molecule has 1 aliphatic rings. The van der Waals surface area contributed by atoms with E-state index in [4.69, 9.17) is 0 Å². The number of hydrogen-bond acceptors (Lipinski definition) is 2. The van der Waals surface area contributed by atoms with E-state index in [9.17, 15) is 4.79 Å². The van der Waals surface area contributed by atoms with Gasteiger partial charge in [0.1, 0.15) is 0 Å². The summed E-state index contributed by atoms with van der Waals surface area (Å²) in [4.78, 5) is 13.4. The Hall–Kier alpha value is -1.22. The van der Waals surface area contributed by atoms with Crippen molar-refractivity contribution in [2.45, 2.75) is 37.1 Å². The van der Waals surface area contributed by atoms with Gasteiger partial charge in [-0.1, -0.05) is 24.3 Å².